The first-order valence-electron chi connectivity index (χ1n) is 9.44. The van der Waals surface area contributed by atoms with E-state index in [4.69, 9.17) is 14.2 Å². The Kier molecular flexibility index (Phi) is 5.49. The molecule has 29 heavy (non-hydrogen) atoms. The van der Waals surface area contributed by atoms with Crippen LogP contribution in [-0.4, -0.2) is 33.3 Å². The number of rotatable bonds is 6. The van der Waals surface area contributed by atoms with E-state index in [0.717, 1.165) is 33.8 Å². The Morgan fingerprint density at radius 2 is 2.03 bits per heavy atom. The molecule has 1 unspecified atom stereocenters. The van der Waals surface area contributed by atoms with E-state index in [-0.39, 0.29) is 12.0 Å². The number of hydrogen-bond donors (Lipinski definition) is 1. The molecule has 1 N–H and O–H groups in total. The molecule has 1 amide bonds. The molecule has 0 aliphatic carbocycles. The van der Waals surface area contributed by atoms with Crippen LogP contribution in [-0.2, 0) is 4.74 Å². The number of methoxy groups -OCH3 is 2. The average molecular weight is 388 g/mol. The van der Waals surface area contributed by atoms with Crippen LogP contribution in [0.5, 0.6) is 11.5 Å². The molecule has 0 fully saturated rings. The summed E-state index contributed by atoms with van der Waals surface area (Å²) in [5.74, 6) is 1.38. The van der Waals surface area contributed by atoms with Gasteiger partial charge >= 0.3 is 0 Å². The van der Waals surface area contributed by atoms with Gasteiger partial charge in [-0.15, -0.1) is 0 Å². The minimum atomic E-state index is -0.339. The SMILES string of the molecule is COCCNC(=O)c1cccc(C2Oc3cccc(OC)c3-c3cc[c]cc32)c1. The van der Waals surface area contributed by atoms with Crippen LogP contribution in [0, 0.1) is 6.07 Å². The molecule has 4 rings (SSSR count). The second kappa shape index (κ2) is 8.37. The minimum absolute atomic E-state index is 0.137. The summed E-state index contributed by atoms with van der Waals surface area (Å²) in [5.41, 5.74) is 4.45. The van der Waals surface area contributed by atoms with Crippen molar-refractivity contribution in [3.05, 3.63) is 83.4 Å². The van der Waals surface area contributed by atoms with Gasteiger partial charge in [-0.05, 0) is 47.5 Å². The highest BCUT2D eigenvalue weighted by Crippen LogP contribution is 2.48. The molecule has 3 aromatic rings. The fraction of sp³-hybridized carbons (Fsp3) is 0.208. The van der Waals surface area contributed by atoms with Crippen molar-refractivity contribution in [2.24, 2.45) is 0 Å². The van der Waals surface area contributed by atoms with Crippen molar-refractivity contribution in [1.82, 2.24) is 5.32 Å². The van der Waals surface area contributed by atoms with Crippen LogP contribution in [0.15, 0.2) is 60.7 Å². The molecule has 1 aliphatic rings. The topological polar surface area (TPSA) is 56.8 Å². The number of carbonyl (C=O) groups excluding carboxylic acids is 1. The summed E-state index contributed by atoms with van der Waals surface area (Å²) in [5, 5.41) is 2.85. The fourth-order valence-electron chi connectivity index (χ4n) is 3.58. The molecule has 1 heterocycles. The van der Waals surface area contributed by atoms with Crippen LogP contribution in [0.1, 0.15) is 27.6 Å². The van der Waals surface area contributed by atoms with Crippen molar-refractivity contribution in [2.45, 2.75) is 6.10 Å². The third-order valence-corrected chi connectivity index (χ3v) is 4.94. The summed E-state index contributed by atoms with van der Waals surface area (Å²) in [6.07, 6.45) is -0.339. The highest BCUT2D eigenvalue weighted by Gasteiger charge is 2.29. The van der Waals surface area contributed by atoms with Gasteiger partial charge in [-0.25, -0.2) is 0 Å². The molecule has 1 aliphatic heterocycles. The van der Waals surface area contributed by atoms with Gasteiger partial charge in [0, 0.05) is 24.8 Å². The fourth-order valence-corrected chi connectivity index (χ4v) is 3.58. The Bertz CT molecular complexity index is 1030. The lowest BCUT2D eigenvalue weighted by atomic mass is 9.89. The van der Waals surface area contributed by atoms with E-state index in [0.29, 0.717) is 18.7 Å². The first-order chi connectivity index (χ1) is 14.2. The quantitative estimate of drug-likeness (QED) is 0.648. The van der Waals surface area contributed by atoms with E-state index < -0.39 is 0 Å². The summed E-state index contributed by atoms with van der Waals surface area (Å²) < 4.78 is 16.9. The van der Waals surface area contributed by atoms with Gasteiger partial charge in [0.05, 0.1) is 19.3 Å². The van der Waals surface area contributed by atoms with Crippen molar-refractivity contribution in [1.29, 1.82) is 0 Å². The molecule has 147 valence electrons. The van der Waals surface area contributed by atoms with Gasteiger partial charge in [0.15, 0.2) is 0 Å². The molecule has 0 spiro atoms. The van der Waals surface area contributed by atoms with Crippen molar-refractivity contribution in [2.75, 3.05) is 27.4 Å². The Labute approximate surface area is 170 Å². The first-order valence-corrected chi connectivity index (χ1v) is 9.44. The lowest BCUT2D eigenvalue weighted by Crippen LogP contribution is -2.27. The summed E-state index contributed by atoms with van der Waals surface area (Å²) >= 11 is 0. The maximum Gasteiger partial charge on any atom is 0.251 e. The summed E-state index contributed by atoms with van der Waals surface area (Å²) in [6.45, 7) is 0.934. The van der Waals surface area contributed by atoms with E-state index >= 15 is 0 Å². The molecule has 3 aromatic carbocycles. The van der Waals surface area contributed by atoms with Crippen LogP contribution in [0.4, 0.5) is 0 Å². The van der Waals surface area contributed by atoms with Gasteiger partial charge in [0.2, 0.25) is 0 Å². The molecule has 0 saturated carbocycles. The smallest absolute Gasteiger partial charge is 0.251 e. The number of nitrogens with one attached hydrogen (secondary N) is 1. The van der Waals surface area contributed by atoms with E-state index in [2.05, 4.69) is 11.4 Å². The van der Waals surface area contributed by atoms with Crippen LogP contribution in [0.3, 0.4) is 0 Å². The monoisotopic (exact) mass is 388 g/mol. The highest BCUT2D eigenvalue weighted by atomic mass is 16.5. The standard InChI is InChI=1S/C24H22NO4/c1-27-14-13-25-24(26)17-8-5-7-16(15-17)23-19-10-4-3-9-18(19)22-20(28-2)11-6-12-21(22)29-23/h3,5-12,15,23H,13-14H2,1-2H3,(H,25,26). The zero-order valence-electron chi connectivity index (χ0n) is 16.4. The van der Waals surface area contributed by atoms with E-state index in [1.54, 1.807) is 20.3 Å². The summed E-state index contributed by atoms with van der Waals surface area (Å²) in [6, 6.07) is 22.3. The maximum absolute atomic E-state index is 12.5. The molecule has 0 saturated heterocycles. The molecule has 0 bridgehead atoms. The maximum atomic E-state index is 12.5. The number of carbonyl (C=O) groups is 1. The molecule has 0 aromatic heterocycles. The van der Waals surface area contributed by atoms with E-state index in [1.165, 1.54) is 0 Å². The van der Waals surface area contributed by atoms with E-state index in [1.807, 2.05) is 54.6 Å². The van der Waals surface area contributed by atoms with Gasteiger partial charge in [0.1, 0.15) is 17.6 Å². The predicted molar refractivity (Wildman–Crippen MR) is 110 cm³/mol. The molecule has 5 nitrogen and oxygen atoms in total. The number of fused-ring (bicyclic) bond motifs is 3. The van der Waals surface area contributed by atoms with Gasteiger partial charge < -0.3 is 19.5 Å². The lowest BCUT2D eigenvalue weighted by Gasteiger charge is -2.30. The molecular formula is C24H22NO4. The average Bonchev–Trinajstić information content (AvgIpc) is 2.78. The molecule has 5 heteroatoms. The van der Waals surface area contributed by atoms with Gasteiger partial charge in [-0.2, -0.15) is 0 Å². The van der Waals surface area contributed by atoms with E-state index in [9.17, 15) is 4.79 Å². The van der Waals surface area contributed by atoms with Crippen molar-refractivity contribution < 1.29 is 19.0 Å². The molecule has 1 radical (unpaired) electrons. The molecular weight excluding hydrogens is 366 g/mol. The number of hydrogen-bond acceptors (Lipinski definition) is 4. The minimum Gasteiger partial charge on any atom is -0.496 e. The Balaban J connectivity index is 1.72. The van der Waals surface area contributed by atoms with Gasteiger partial charge in [-0.3, -0.25) is 4.79 Å². The Hall–Kier alpha value is -3.31. The normalized spacial score (nSPS) is 14.3. The number of ether oxygens (including phenoxy) is 3. The van der Waals surface area contributed by atoms with Crippen molar-refractivity contribution in [3.8, 4) is 22.6 Å². The third kappa shape index (κ3) is 3.69. The molecule has 1 atom stereocenters. The first kappa shape index (κ1) is 19.0. The van der Waals surface area contributed by atoms with Crippen molar-refractivity contribution in [3.63, 3.8) is 0 Å². The predicted octanol–water partition coefficient (Wildman–Crippen LogP) is 4.02. The second-order valence-electron chi connectivity index (χ2n) is 6.72. The van der Waals surface area contributed by atoms with Gasteiger partial charge in [-0.1, -0.05) is 30.3 Å². The zero-order chi connectivity index (χ0) is 20.2. The summed E-state index contributed by atoms with van der Waals surface area (Å²) in [4.78, 5) is 12.5. The lowest BCUT2D eigenvalue weighted by molar-refractivity contribution is 0.0937. The highest BCUT2D eigenvalue weighted by molar-refractivity contribution is 5.94. The van der Waals surface area contributed by atoms with Crippen LogP contribution >= 0.6 is 0 Å². The third-order valence-electron chi connectivity index (χ3n) is 4.94. The Morgan fingerprint density at radius 1 is 1.17 bits per heavy atom. The van der Waals surface area contributed by atoms with Crippen LogP contribution < -0.4 is 14.8 Å². The zero-order valence-corrected chi connectivity index (χ0v) is 16.4. The van der Waals surface area contributed by atoms with Crippen LogP contribution in [0.25, 0.3) is 11.1 Å². The largest absolute Gasteiger partial charge is 0.496 e. The number of amides is 1. The van der Waals surface area contributed by atoms with Gasteiger partial charge in [0.25, 0.3) is 5.91 Å². The summed E-state index contributed by atoms with van der Waals surface area (Å²) in [7, 11) is 3.26. The second-order valence-corrected chi connectivity index (χ2v) is 6.72. The number of benzene rings is 3. The Morgan fingerprint density at radius 3 is 2.86 bits per heavy atom. The van der Waals surface area contributed by atoms with Crippen molar-refractivity contribution >= 4 is 5.91 Å². The van der Waals surface area contributed by atoms with Crippen LogP contribution in [0.2, 0.25) is 0 Å².